The number of carbonyl (C=O) groups excluding carboxylic acids is 1. The van der Waals surface area contributed by atoms with Gasteiger partial charge in [-0.1, -0.05) is 0 Å². The molecule has 0 saturated carbocycles. The predicted octanol–water partition coefficient (Wildman–Crippen LogP) is 3.61. The number of methoxy groups -OCH3 is 4. The van der Waals surface area contributed by atoms with Crippen LogP contribution >= 0.6 is 0 Å². The highest BCUT2D eigenvalue weighted by Gasteiger charge is 2.28. The second-order valence-corrected chi connectivity index (χ2v) is 8.38. The minimum absolute atomic E-state index is 0.0935. The quantitative estimate of drug-likeness (QED) is 0.457. The molecular formula is C27H33N3O6. The second kappa shape index (κ2) is 11.7. The fourth-order valence-corrected chi connectivity index (χ4v) is 4.48. The molecule has 1 atom stereocenters. The van der Waals surface area contributed by atoms with Crippen LogP contribution < -0.4 is 29.2 Å². The van der Waals surface area contributed by atoms with Crippen molar-refractivity contribution in [3.63, 3.8) is 0 Å². The van der Waals surface area contributed by atoms with Gasteiger partial charge in [-0.25, -0.2) is 0 Å². The maximum atomic E-state index is 13.1. The second-order valence-electron chi connectivity index (χ2n) is 8.38. The van der Waals surface area contributed by atoms with Gasteiger partial charge >= 0.3 is 0 Å². The lowest BCUT2D eigenvalue weighted by Gasteiger charge is -2.39. The molecule has 0 radical (unpaired) electrons. The molecular weight excluding hydrogens is 462 g/mol. The van der Waals surface area contributed by atoms with Crippen LogP contribution in [0.2, 0.25) is 0 Å². The van der Waals surface area contributed by atoms with Crippen molar-refractivity contribution in [2.45, 2.75) is 6.04 Å². The first-order valence-corrected chi connectivity index (χ1v) is 11.8. The van der Waals surface area contributed by atoms with Crippen LogP contribution in [0.25, 0.3) is 0 Å². The molecule has 36 heavy (non-hydrogen) atoms. The number of carbonyl (C=O) groups is 1. The number of amides is 1. The van der Waals surface area contributed by atoms with E-state index in [1.807, 2.05) is 24.3 Å². The molecule has 0 bridgehead atoms. The molecule has 0 aliphatic carbocycles. The van der Waals surface area contributed by atoms with E-state index in [0.717, 1.165) is 37.7 Å². The van der Waals surface area contributed by atoms with Crippen LogP contribution in [-0.2, 0) is 0 Å². The summed E-state index contributed by atoms with van der Waals surface area (Å²) in [6, 6.07) is 15.1. The molecule has 192 valence electrons. The lowest BCUT2D eigenvalue weighted by molar-refractivity contribution is 0.0922. The van der Waals surface area contributed by atoms with E-state index >= 15 is 0 Å². The van der Waals surface area contributed by atoms with Crippen LogP contribution in [0, 0.1) is 0 Å². The van der Waals surface area contributed by atoms with E-state index in [1.54, 1.807) is 25.5 Å². The number of benzene rings is 2. The molecule has 3 aromatic rings. The van der Waals surface area contributed by atoms with Crippen molar-refractivity contribution in [3.05, 3.63) is 66.1 Å². The highest BCUT2D eigenvalue weighted by Crippen LogP contribution is 2.38. The van der Waals surface area contributed by atoms with Gasteiger partial charge in [-0.05, 0) is 48.5 Å². The number of anilines is 1. The Kier molecular flexibility index (Phi) is 8.22. The van der Waals surface area contributed by atoms with Crippen molar-refractivity contribution in [1.29, 1.82) is 0 Å². The Morgan fingerprint density at radius 2 is 1.58 bits per heavy atom. The van der Waals surface area contributed by atoms with Gasteiger partial charge in [0.1, 0.15) is 11.5 Å². The molecule has 1 aliphatic rings. The molecule has 1 saturated heterocycles. The van der Waals surface area contributed by atoms with E-state index in [-0.39, 0.29) is 11.9 Å². The number of rotatable bonds is 10. The molecule has 1 unspecified atom stereocenters. The molecule has 4 rings (SSSR count). The Morgan fingerprint density at radius 3 is 2.11 bits per heavy atom. The number of nitrogens with zero attached hydrogens (tertiary/aromatic N) is 2. The zero-order valence-corrected chi connectivity index (χ0v) is 21.2. The summed E-state index contributed by atoms with van der Waals surface area (Å²) < 4.78 is 27.2. The van der Waals surface area contributed by atoms with Crippen molar-refractivity contribution >= 4 is 11.6 Å². The van der Waals surface area contributed by atoms with Crippen LogP contribution in [0.4, 0.5) is 5.69 Å². The molecule has 1 aromatic heterocycles. The standard InChI is InChI=1S/C27H33N3O6/c1-32-21-9-7-20(8-10-21)29-11-13-30(14-12-29)22(23-6-5-15-36-23)18-28-27(31)19-16-24(33-2)26(35-4)25(17-19)34-3/h5-10,15-17,22H,11-14,18H2,1-4H3,(H,28,31). The number of ether oxygens (including phenoxy) is 4. The zero-order chi connectivity index (χ0) is 25.5. The fourth-order valence-electron chi connectivity index (χ4n) is 4.48. The maximum Gasteiger partial charge on any atom is 0.251 e. The normalized spacial score (nSPS) is 14.7. The number of furan rings is 1. The summed E-state index contributed by atoms with van der Waals surface area (Å²) in [5.41, 5.74) is 1.59. The fraction of sp³-hybridized carbons (Fsp3) is 0.370. The van der Waals surface area contributed by atoms with Crippen LogP contribution in [0.15, 0.2) is 59.2 Å². The Labute approximate surface area is 211 Å². The van der Waals surface area contributed by atoms with Gasteiger partial charge in [-0.2, -0.15) is 0 Å². The van der Waals surface area contributed by atoms with Gasteiger partial charge in [0, 0.05) is 44.0 Å². The smallest absolute Gasteiger partial charge is 0.251 e. The van der Waals surface area contributed by atoms with Crippen molar-refractivity contribution in [2.75, 3.05) is 66.1 Å². The molecule has 9 nitrogen and oxygen atoms in total. The summed E-state index contributed by atoms with van der Waals surface area (Å²) in [5, 5.41) is 3.06. The van der Waals surface area contributed by atoms with Crippen LogP contribution in [-0.4, -0.2) is 72.0 Å². The molecule has 1 amide bonds. The van der Waals surface area contributed by atoms with Gasteiger partial charge in [0.05, 0.1) is 40.7 Å². The summed E-state index contributed by atoms with van der Waals surface area (Å²) in [7, 11) is 6.25. The Bertz CT molecular complexity index is 1100. The molecule has 1 aliphatic heterocycles. The van der Waals surface area contributed by atoms with E-state index in [0.29, 0.717) is 29.4 Å². The number of piperazine rings is 1. The number of hydrogen-bond acceptors (Lipinski definition) is 8. The zero-order valence-electron chi connectivity index (χ0n) is 21.2. The maximum absolute atomic E-state index is 13.1. The van der Waals surface area contributed by atoms with Gasteiger partial charge in [0.25, 0.3) is 5.91 Å². The average molecular weight is 496 g/mol. The Hall–Kier alpha value is -3.85. The van der Waals surface area contributed by atoms with Gasteiger partial charge in [-0.15, -0.1) is 0 Å². The molecule has 2 heterocycles. The van der Waals surface area contributed by atoms with E-state index in [1.165, 1.54) is 27.0 Å². The highest BCUT2D eigenvalue weighted by molar-refractivity contribution is 5.95. The van der Waals surface area contributed by atoms with Gasteiger partial charge in [0.2, 0.25) is 5.75 Å². The Balaban J connectivity index is 1.44. The lowest BCUT2D eigenvalue weighted by atomic mass is 10.1. The first-order valence-electron chi connectivity index (χ1n) is 11.8. The van der Waals surface area contributed by atoms with Crippen LogP contribution in [0.1, 0.15) is 22.2 Å². The number of nitrogens with one attached hydrogen (secondary N) is 1. The third-order valence-electron chi connectivity index (χ3n) is 6.45. The van der Waals surface area contributed by atoms with Gasteiger partial charge in [0.15, 0.2) is 11.5 Å². The highest BCUT2D eigenvalue weighted by atomic mass is 16.5. The molecule has 0 spiro atoms. The van der Waals surface area contributed by atoms with E-state index in [4.69, 9.17) is 23.4 Å². The first-order chi connectivity index (χ1) is 17.6. The monoisotopic (exact) mass is 495 g/mol. The lowest BCUT2D eigenvalue weighted by Crippen LogP contribution is -2.49. The predicted molar refractivity (Wildman–Crippen MR) is 137 cm³/mol. The van der Waals surface area contributed by atoms with Crippen LogP contribution in [0.3, 0.4) is 0 Å². The molecule has 1 fully saturated rings. The topological polar surface area (TPSA) is 85.6 Å². The summed E-state index contributed by atoms with van der Waals surface area (Å²) >= 11 is 0. The van der Waals surface area contributed by atoms with Crippen molar-refractivity contribution in [1.82, 2.24) is 10.2 Å². The summed E-state index contributed by atoms with van der Waals surface area (Å²) in [5.74, 6) is 2.73. The largest absolute Gasteiger partial charge is 0.497 e. The number of hydrogen-bond donors (Lipinski definition) is 1. The van der Waals surface area contributed by atoms with Crippen LogP contribution in [0.5, 0.6) is 23.0 Å². The first kappa shape index (κ1) is 25.2. The molecule has 1 N–H and O–H groups in total. The van der Waals surface area contributed by atoms with E-state index in [9.17, 15) is 4.79 Å². The Morgan fingerprint density at radius 1 is 0.917 bits per heavy atom. The van der Waals surface area contributed by atoms with Crippen molar-refractivity contribution in [2.24, 2.45) is 0 Å². The minimum atomic E-state index is -0.234. The van der Waals surface area contributed by atoms with Crippen molar-refractivity contribution in [3.8, 4) is 23.0 Å². The van der Waals surface area contributed by atoms with Crippen molar-refractivity contribution < 1.29 is 28.2 Å². The average Bonchev–Trinajstić information content (AvgIpc) is 3.47. The summed E-state index contributed by atoms with van der Waals surface area (Å²) in [6.07, 6.45) is 1.66. The van der Waals surface area contributed by atoms with E-state index in [2.05, 4.69) is 27.2 Å². The third-order valence-corrected chi connectivity index (χ3v) is 6.45. The summed E-state index contributed by atoms with van der Waals surface area (Å²) in [6.45, 7) is 3.79. The minimum Gasteiger partial charge on any atom is -0.497 e. The molecule has 2 aromatic carbocycles. The SMILES string of the molecule is COc1ccc(N2CCN(C(CNC(=O)c3cc(OC)c(OC)c(OC)c3)c3ccco3)CC2)cc1. The van der Waals surface area contributed by atoms with E-state index < -0.39 is 0 Å². The van der Waals surface area contributed by atoms with Gasteiger partial charge in [-0.3, -0.25) is 9.69 Å². The molecule has 9 heteroatoms. The summed E-state index contributed by atoms with van der Waals surface area (Å²) in [4.78, 5) is 17.8. The third kappa shape index (κ3) is 5.52. The van der Waals surface area contributed by atoms with Gasteiger partial charge < -0.3 is 33.6 Å².